The summed E-state index contributed by atoms with van der Waals surface area (Å²) in [7, 11) is 1.15. The summed E-state index contributed by atoms with van der Waals surface area (Å²) >= 11 is 0. The molecule has 5 rings (SSSR count). The Balaban J connectivity index is 1.64. The number of allylic oxidation sites excluding steroid dienone is 1. The van der Waals surface area contributed by atoms with E-state index in [9.17, 15) is 55.5 Å². The summed E-state index contributed by atoms with van der Waals surface area (Å²) in [5, 5.41) is 93.1. The van der Waals surface area contributed by atoms with E-state index in [4.69, 9.17) is 37.9 Å². The lowest BCUT2D eigenvalue weighted by molar-refractivity contribution is -0.372. The minimum absolute atomic E-state index is 0.0293. The predicted molar refractivity (Wildman–Crippen MR) is 167 cm³/mol. The van der Waals surface area contributed by atoms with Crippen LogP contribution in [0.25, 0.3) is 0 Å². The van der Waals surface area contributed by atoms with Gasteiger partial charge in [0.15, 0.2) is 12.6 Å². The lowest BCUT2D eigenvalue weighted by atomic mass is 9.81. The fourth-order valence-electron chi connectivity index (χ4n) is 7.54. The fourth-order valence-corrected chi connectivity index (χ4v) is 7.54. The number of esters is 2. The highest BCUT2D eigenvalue weighted by Crippen LogP contribution is 2.47. The monoisotopic (exact) mass is 748 g/mol. The van der Waals surface area contributed by atoms with Crippen molar-refractivity contribution in [3.05, 3.63) is 36.3 Å². The maximum atomic E-state index is 13.9. The van der Waals surface area contributed by atoms with Crippen LogP contribution in [0.3, 0.4) is 0 Å². The van der Waals surface area contributed by atoms with Gasteiger partial charge in [0.2, 0.25) is 12.6 Å². The van der Waals surface area contributed by atoms with Gasteiger partial charge in [0.25, 0.3) is 0 Å². The first-order chi connectivity index (χ1) is 24.8. The molecular weight excluding hydrogens is 700 g/mol. The summed E-state index contributed by atoms with van der Waals surface area (Å²) in [5.74, 6) is -5.72. The van der Waals surface area contributed by atoms with E-state index in [1.807, 2.05) is 6.92 Å². The molecule has 1 saturated carbocycles. The van der Waals surface area contributed by atoms with Crippen LogP contribution in [-0.4, -0.2) is 165 Å². The molecule has 4 aliphatic heterocycles. The smallest absolute Gasteiger partial charge is 0.337 e. The third-order valence-electron chi connectivity index (χ3n) is 10.6. The van der Waals surface area contributed by atoms with Crippen molar-refractivity contribution >= 4 is 11.9 Å². The number of aliphatic hydroxyl groups is 9. The van der Waals surface area contributed by atoms with Crippen LogP contribution in [0.1, 0.15) is 19.8 Å². The van der Waals surface area contributed by atoms with Crippen LogP contribution in [0.15, 0.2) is 36.3 Å². The molecule has 9 N–H and O–H groups in total. The van der Waals surface area contributed by atoms with Crippen molar-refractivity contribution in [1.82, 2.24) is 0 Å². The van der Waals surface area contributed by atoms with E-state index in [1.54, 1.807) is 6.08 Å². The molecule has 19 nitrogen and oxygen atoms in total. The van der Waals surface area contributed by atoms with Crippen molar-refractivity contribution in [2.75, 3.05) is 26.9 Å². The Kier molecular flexibility index (Phi) is 13.3. The molecule has 19 heteroatoms. The first-order valence-electron chi connectivity index (χ1n) is 17.0. The zero-order valence-corrected chi connectivity index (χ0v) is 28.5. The average molecular weight is 749 g/mol. The zero-order chi connectivity index (χ0) is 38.0. The average Bonchev–Trinajstić information content (AvgIpc) is 3.44. The number of carbonyl (C=O) groups excluding carboxylic acids is 2. The Bertz CT molecular complexity index is 1320. The quantitative estimate of drug-likeness (QED) is 0.0766. The number of ether oxygens (including phenoxy) is 8. The first-order valence-corrected chi connectivity index (χ1v) is 17.0. The van der Waals surface area contributed by atoms with Gasteiger partial charge in [0.1, 0.15) is 54.9 Å². The molecule has 0 aromatic carbocycles. The molecule has 0 aromatic heterocycles. The zero-order valence-electron chi connectivity index (χ0n) is 28.5. The van der Waals surface area contributed by atoms with Gasteiger partial charge in [0, 0.05) is 24.4 Å². The summed E-state index contributed by atoms with van der Waals surface area (Å²) in [5.41, 5.74) is -0.152. The number of carbonyl (C=O) groups is 2. The number of aliphatic hydroxyl groups excluding tert-OH is 9. The Morgan fingerprint density at radius 1 is 0.846 bits per heavy atom. The molecule has 0 spiro atoms. The maximum Gasteiger partial charge on any atom is 0.337 e. The van der Waals surface area contributed by atoms with Crippen molar-refractivity contribution in [2.45, 2.75) is 99.9 Å². The highest BCUT2D eigenvalue weighted by molar-refractivity contribution is 5.90. The minimum Gasteiger partial charge on any atom is -0.471 e. The summed E-state index contributed by atoms with van der Waals surface area (Å²) in [6.45, 7) is 3.56. The van der Waals surface area contributed by atoms with E-state index in [1.165, 1.54) is 0 Å². The van der Waals surface area contributed by atoms with Gasteiger partial charge < -0.3 is 83.9 Å². The molecule has 1 unspecified atom stereocenters. The van der Waals surface area contributed by atoms with Gasteiger partial charge in [-0.25, -0.2) is 9.59 Å². The van der Waals surface area contributed by atoms with Crippen LogP contribution in [0.5, 0.6) is 0 Å². The van der Waals surface area contributed by atoms with Crippen molar-refractivity contribution in [2.24, 2.45) is 29.6 Å². The topological polar surface area (TPSA) is 290 Å². The SMILES string of the molecule is C=CC1[C@@H]2C[C@H](OC(=O)C3=CO[C@@H](O[C@@H]4O[C@H](CO)[C@@H](O)[C@H](O)[C@H]4O)[C@H]([C@@H](O[C@@H]4O[C@H](CO)[C@@H](O)[C@H](O)[C@H]4O)O/C=C/2C(=O)OC)[C@@H]3CCO)[C@H]1C. The van der Waals surface area contributed by atoms with E-state index >= 15 is 0 Å². The summed E-state index contributed by atoms with van der Waals surface area (Å²) in [6, 6.07) is 0. The summed E-state index contributed by atoms with van der Waals surface area (Å²) < 4.78 is 46.2. The van der Waals surface area contributed by atoms with E-state index in [0.717, 1.165) is 19.6 Å². The van der Waals surface area contributed by atoms with E-state index in [0.29, 0.717) is 0 Å². The molecule has 0 aromatic rings. The molecule has 4 heterocycles. The van der Waals surface area contributed by atoms with Crippen LogP contribution in [0.4, 0.5) is 0 Å². The molecule has 3 fully saturated rings. The van der Waals surface area contributed by atoms with Crippen LogP contribution in [0.2, 0.25) is 0 Å². The Labute approximate surface area is 298 Å². The third kappa shape index (κ3) is 7.74. The van der Waals surface area contributed by atoms with Crippen molar-refractivity contribution < 1.29 is 93.4 Å². The lowest BCUT2D eigenvalue weighted by Gasteiger charge is -2.46. The molecule has 0 radical (unpaired) electrons. The first kappa shape index (κ1) is 40.4. The fraction of sp³-hybridized carbons (Fsp3) is 0.758. The van der Waals surface area contributed by atoms with E-state index < -0.39 is 136 Å². The second kappa shape index (κ2) is 17.1. The largest absolute Gasteiger partial charge is 0.471 e. The van der Waals surface area contributed by atoms with Crippen LogP contribution >= 0.6 is 0 Å². The van der Waals surface area contributed by atoms with Gasteiger partial charge in [-0.15, -0.1) is 6.58 Å². The number of hydrogen-bond acceptors (Lipinski definition) is 19. The van der Waals surface area contributed by atoms with E-state index in [-0.39, 0.29) is 29.9 Å². The van der Waals surface area contributed by atoms with Crippen molar-refractivity contribution in [1.29, 1.82) is 0 Å². The third-order valence-corrected chi connectivity index (χ3v) is 10.6. The van der Waals surface area contributed by atoms with Gasteiger partial charge in [-0.1, -0.05) is 13.0 Å². The Hall–Kier alpha value is -2.76. The lowest BCUT2D eigenvalue weighted by Crippen LogP contribution is -2.62. The van der Waals surface area contributed by atoms with Gasteiger partial charge in [-0.2, -0.15) is 0 Å². The second-order valence-corrected chi connectivity index (χ2v) is 13.5. The van der Waals surface area contributed by atoms with Crippen LogP contribution in [0, 0.1) is 29.6 Å². The summed E-state index contributed by atoms with van der Waals surface area (Å²) in [6.07, 6.45) is -18.2. The Morgan fingerprint density at radius 3 is 1.87 bits per heavy atom. The number of fused-ring (bicyclic) bond motifs is 4. The maximum absolute atomic E-state index is 13.9. The minimum atomic E-state index is -1.96. The standard InChI is InChI=1S/C33H48O19/c1-4-13-12(2)18-7-15(13)17(28(43)45-3)11-47-31(52-33-27(42)25(40)23(38)20(9-36)50-33)21-14(5-6-34)16(29(44)48-18)10-46-30(21)51-32-26(41)24(39)22(37)19(8-35)49-32/h4,10-15,18-27,30-42H,1,5-9H2,2-3H3/b17-11-/t12-,13?,14+,15-,18-,19+,20+,21+,22+,23+,24-,25-,26+,27+,30-,31+,32-,33-/m0/s1. The van der Waals surface area contributed by atoms with Gasteiger partial charge >= 0.3 is 11.9 Å². The van der Waals surface area contributed by atoms with Crippen LogP contribution in [-0.2, 0) is 47.5 Å². The Morgan fingerprint density at radius 2 is 1.38 bits per heavy atom. The molecule has 4 bridgehead atoms. The predicted octanol–water partition coefficient (Wildman–Crippen LogP) is -3.74. The molecule has 0 amide bonds. The number of rotatable bonds is 10. The van der Waals surface area contributed by atoms with E-state index in [2.05, 4.69) is 6.58 Å². The van der Waals surface area contributed by atoms with Crippen LogP contribution < -0.4 is 0 Å². The molecule has 18 atom stereocenters. The van der Waals surface area contributed by atoms with Crippen molar-refractivity contribution in [3.8, 4) is 0 Å². The molecule has 2 saturated heterocycles. The molecular formula is C33H48O19. The number of hydrogen-bond donors (Lipinski definition) is 9. The second-order valence-electron chi connectivity index (χ2n) is 13.5. The molecule has 1 aliphatic carbocycles. The summed E-state index contributed by atoms with van der Waals surface area (Å²) in [4.78, 5) is 27.2. The highest BCUT2D eigenvalue weighted by Gasteiger charge is 2.54. The molecule has 52 heavy (non-hydrogen) atoms. The van der Waals surface area contributed by atoms with Gasteiger partial charge in [-0.3, -0.25) is 0 Å². The number of methoxy groups -OCH3 is 1. The van der Waals surface area contributed by atoms with Crippen molar-refractivity contribution in [3.63, 3.8) is 0 Å². The van der Waals surface area contributed by atoms with Gasteiger partial charge in [0.05, 0.1) is 49.9 Å². The van der Waals surface area contributed by atoms with Gasteiger partial charge in [-0.05, 0) is 18.8 Å². The highest BCUT2D eigenvalue weighted by atomic mass is 16.8. The normalized spacial score (nSPS) is 46.2. The molecule has 5 aliphatic rings. The molecule has 294 valence electrons.